The van der Waals surface area contributed by atoms with Crippen LogP contribution in [0.5, 0.6) is 5.88 Å². The molecule has 3 rings (SSSR count). The van der Waals surface area contributed by atoms with E-state index < -0.39 is 0 Å². The van der Waals surface area contributed by atoms with Gasteiger partial charge in [-0.3, -0.25) is 0 Å². The van der Waals surface area contributed by atoms with Crippen molar-refractivity contribution in [2.75, 3.05) is 7.11 Å². The van der Waals surface area contributed by atoms with Crippen molar-refractivity contribution >= 4 is 21.6 Å². The van der Waals surface area contributed by atoms with Crippen LogP contribution in [0.2, 0.25) is 0 Å². The molecule has 0 aliphatic carbocycles. The van der Waals surface area contributed by atoms with E-state index in [1.54, 1.807) is 24.6 Å². The summed E-state index contributed by atoms with van der Waals surface area (Å²) in [7, 11) is 1.60. The van der Waals surface area contributed by atoms with E-state index in [9.17, 15) is 0 Å². The number of aromatic nitrogens is 3. The highest BCUT2D eigenvalue weighted by molar-refractivity contribution is 7.17. The maximum absolute atomic E-state index is 5.03. The van der Waals surface area contributed by atoms with Gasteiger partial charge in [-0.15, -0.1) is 11.3 Å². The fourth-order valence-electron chi connectivity index (χ4n) is 1.60. The average molecular weight is 242 g/mol. The Morgan fingerprint density at radius 2 is 2.24 bits per heavy atom. The molecule has 0 amide bonds. The first kappa shape index (κ1) is 10.2. The first-order valence-electron chi connectivity index (χ1n) is 4.99. The summed E-state index contributed by atoms with van der Waals surface area (Å²) in [6, 6.07) is 3.80. The Morgan fingerprint density at radius 3 is 3.00 bits per heavy atom. The van der Waals surface area contributed by atoms with Gasteiger partial charge < -0.3 is 4.74 Å². The second-order valence-corrected chi connectivity index (χ2v) is 4.26. The molecular weight excluding hydrogens is 234 g/mol. The van der Waals surface area contributed by atoms with Gasteiger partial charge in [0, 0.05) is 34.2 Å². The monoisotopic (exact) mass is 242 g/mol. The topological polar surface area (TPSA) is 47.9 Å². The number of hydrogen-bond donors (Lipinski definition) is 0. The van der Waals surface area contributed by atoms with E-state index in [1.165, 1.54) is 6.33 Å². The van der Waals surface area contributed by atoms with Crippen LogP contribution in [0.4, 0.5) is 0 Å². The van der Waals surface area contributed by atoms with Gasteiger partial charge in [-0.05, 0) is 6.07 Å². The second-order valence-electron chi connectivity index (χ2n) is 3.40. The predicted octanol–water partition coefficient (Wildman–Crippen LogP) is 2.56. The lowest BCUT2D eigenvalue weighted by molar-refractivity contribution is 0.398. The normalized spacial score (nSPS) is 10.6. The van der Waals surface area contributed by atoms with Crippen molar-refractivity contribution in [2.45, 2.75) is 0 Å². The minimum Gasteiger partial charge on any atom is -0.481 e. The van der Waals surface area contributed by atoms with E-state index in [4.69, 9.17) is 4.74 Å². The van der Waals surface area contributed by atoms with Crippen molar-refractivity contribution in [3.05, 3.63) is 36.2 Å². The number of hydrogen-bond acceptors (Lipinski definition) is 5. The number of fused-ring (bicyclic) bond motifs is 1. The van der Waals surface area contributed by atoms with Crippen molar-refractivity contribution in [3.63, 3.8) is 0 Å². The highest BCUT2D eigenvalue weighted by Gasteiger charge is 2.08. The van der Waals surface area contributed by atoms with E-state index in [-0.39, 0.29) is 0 Å². The van der Waals surface area contributed by atoms with E-state index >= 15 is 0 Å². The van der Waals surface area contributed by atoms with E-state index in [0.29, 0.717) is 5.88 Å². The zero-order valence-electron chi connectivity index (χ0n) is 9.04. The highest BCUT2D eigenvalue weighted by Crippen LogP contribution is 2.31. The van der Waals surface area contributed by atoms with Crippen LogP contribution in [0.1, 0.15) is 0 Å². The Kier molecular flexibility index (Phi) is 2.45. The molecule has 17 heavy (non-hydrogen) atoms. The summed E-state index contributed by atoms with van der Waals surface area (Å²) in [6.45, 7) is 0. The number of methoxy groups -OCH3 is 1. The highest BCUT2D eigenvalue weighted by atomic mass is 32.1. The third-order valence-electron chi connectivity index (χ3n) is 2.44. The number of nitrogens with zero attached hydrogens (tertiary/aromatic N) is 3. The summed E-state index contributed by atoms with van der Waals surface area (Å²) in [5.74, 6) is 0.605. The molecule has 0 atom stereocenters. The molecule has 3 aromatic heterocycles. The Hall–Kier alpha value is -2.01. The van der Waals surface area contributed by atoms with Crippen molar-refractivity contribution in [3.8, 4) is 17.0 Å². The fourth-order valence-corrected chi connectivity index (χ4v) is 2.46. The molecule has 3 aromatic rings. The Morgan fingerprint density at radius 1 is 1.29 bits per heavy atom. The SMILES string of the molecule is COc1ccc(-c2csc3ncn[c]c23)cn1. The van der Waals surface area contributed by atoms with Crippen molar-refractivity contribution in [2.24, 2.45) is 0 Å². The number of ether oxygens (including phenoxy) is 1. The molecule has 0 saturated carbocycles. The molecule has 1 radical (unpaired) electrons. The van der Waals surface area contributed by atoms with Crippen LogP contribution in [0.25, 0.3) is 21.3 Å². The van der Waals surface area contributed by atoms with Gasteiger partial charge in [-0.2, -0.15) is 0 Å². The summed E-state index contributed by atoms with van der Waals surface area (Å²) >= 11 is 1.58. The molecule has 0 aliphatic heterocycles. The van der Waals surface area contributed by atoms with Crippen molar-refractivity contribution in [1.82, 2.24) is 15.0 Å². The van der Waals surface area contributed by atoms with E-state index in [2.05, 4.69) is 21.1 Å². The van der Waals surface area contributed by atoms with Gasteiger partial charge >= 0.3 is 0 Å². The van der Waals surface area contributed by atoms with Gasteiger partial charge in [0.2, 0.25) is 5.88 Å². The van der Waals surface area contributed by atoms with Crippen LogP contribution in [0.3, 0.4) is 0 Å². The van der Waals surface area contributed by atoms with Gasteiger partial charge in [0.25, 0.3) is 0 Å². The Bertz CT molecular complexity index is 648. The first-order valence-corrected chi connectivity index (χ1v) is 5.87. The molecule has 0 N–H and O–H groups in total. The van der Waals surface area contributed by atoms with Crippen molar-refractivity contribution in [1.29, 1.82) is 0 Å². The van der Waals surface area contributed by atoms with E-state index in [1.807, 2.05) is 17.5 Å². The molecule has 0 saturated heterocycles. The summed E-state index contributed by atoms with van der Waals surface area (Å²) in [5.41, 5.74) is 2.07. The Balaban J connectivity index is 2.13. The van der Waals surface area contributed by atoms with Crippen LogP contribution in [-0.2, 0) is 0 Å². The van der Waals surface area contributed by atoms with Crippen LogP contribution < -0.4 is 4.74 Å². The van der Waals surface area contributed by atoms with Gasteiger partial charge in [0.05, 0.1) is 7.11 Å². The number of thiophene rings is 1. The predicted molar refractivity (Wildman–Crippen MR) is 66.0 cm³/mol. The van der Waals surface area contributed by atoms with Crippen LogP contribution in [0, 0.1) is 6.20 Å². The van der Waals surface area contributed by atoms with Gasteiger partial charge in [0.1, 0.15) is 17.4 Å². The lowest BCUT2D eigenvalue weighted by Gasteiger charge is -2.00. The molecule has 83 valence electrons. The molecule has 5 heteroatoms. The minimum atomic E-state index is 0.605. The second kappa shape index (κ2) is 4.10. The zero-order valence-corrected chi connectivity index (χ0v) is 9.86. The smallest absolute Gasteiger partial charge is 0.212 e. The quantitative estimate of drug-likeness (QED) is 0.693. The summed E-state index contributed by atoms with van der Waals surface area (Å²) in [4.78, 5) is 13.2. The van der Waals surface area contributed by atoms with Gasteiger partial charge in [-0.1, -0.05) is 0 Å². The first-order chi connectivity index (χ1) is 8.38. The van der Waals surface area contributed by atoms with E-state index in [0.717, 1.165) is 21.3 Å². The van der Waals surface area contributed by atoms with Gasteiger partial charge in [-0.25, -0.2) is 15.0 Å². The lowest BCUT2D eigenvalue weighted by atomic mass is 10.1. The third kappa shape index (κ3) is 1.74. The van der Waals surface area contributed by atoms with Crippen LogP contribution in [0.15, 0.2) is 30.0 Å². The molecule has 4 nitrogen and oxygen atoms in total. The maximum Gasteiger partial charge on any atom is 0.212 e. The molecule has 0 bridgehead atoms. The zero-order chi connectivity index (χ0) is 11.7. The molecule has 3 heterocycles. The lowest BCUT2D eigenvalue weighted by Crippen LogP contribution is -1.87. The van der Waals surface area contributed by atoms with Crippen LogP contribution in [-0.4, -0.2) is 22.1 Å². The number of rotatable bonds is 2. The summed E-state index contributed by atoms with van der Waals surface area (Å²) in [6.07, 6.45) is 6.25. The molecule has 0 unspecified atom stereocenters. The Labute approximate surface area is 102 Å². The molecule has 0 spiro atoms. The summed E-state index contributed by atoms with van der Waals surface area (Å²) in [5, 5.41) is 2.98. The molecule has 0 fully saturated rings. The molecular formula is C12H8N3OS. The molecule has 0 aliphatic rings. The minimum absolute atomic E-state index is 0.605. The average Bonchev–Trinajstić information content (AvgIpc) is 2.83. The van der Waals surface area contributed by atoms with Crippen LogP contribution >= 0.6 is 11.3 Å². The maximum atomic E-state index is 5.03. The van der Waals surface area contributed by atoms with Gasteiger partial charge in [0.15, 0.2) is 0 Å². The standard InChI is InChI=1S/C12H8N3OS/c1-16-11-3-2-8(4-14-11)10-6-17-12-9(10)5-13-7-15-12/h2-4,6-7H,1H3. The summed E-state index contributed by atoms with van der Waals surface area (Å²) < 4.78 is 5.03. The fraction of sp³-hybridized carbons (Fsp3) is 0.0833. The largest absolute Gasteiger partial charge is 0.481 e. The third-order valence-corrected chi connectivity index (χ3v) is 3.32. The van der Waals surface area contributed by atoms with Crippen molar-refractivity contribution < 1.29 is 4.74 Å². The number of pyridine rings is 1. The molecule has 0 aromatic carbocycles.